The third-order valence-electron chi connectivity index (χ3n) is 4.69. The quantitative estimate of drug-likeness (QED) is 0.116. The first-order valence-electron chi connectivity index (χ1n) is 10.9. The Labute approximate surface area is 213 Å². The lowest BCUT2D eigenvalue weighted by atomic mass is 10.2. The van der Waals surface area contributed by atoms with Gasteiger partial charge in [0, 0.05) is 11.4 Å². The van der Waals surface area contributed by atoms with Gasteiger partial charge in [-0.3, -0.25) is 23.6 Å². The van der Waals surface area contributed by atoms with E-state index in [4.69, 9.17) is 18.5 Å². The van der Waals surface area contributed by atoms with Gasteiger partial charge in [0.2, 0.25) is 13.6 Å². The molecule has 3 aromatic carbocycles. The normalized spacial score (nSPS) is 11.2. The Morgan fingerprint density at radius 2 is 1.11 bits per heavy atom. The van der Waals surface area contributed by atoms with E-state index in [-0.39, 0.29) is 23.2 Å². The predicted octanol–water partition coefficient (Wildman–Crippen LogP) is 4.89. The summed E-state index contributed by atoms with van der Waals surface area (Å²) in [5.41, 5.74) is 0.754. The molecule has 37 heavy (non-hydrogen) atoms. The average Bonchev–Trinajstić information content (AvgIpc) is 2.94. The standard InChI is InChI=1S/C26H24NO9P/c28-24(21-11-4-1-5-12-21)27(31)17-10-18-37(32,35-19-33-25(29)22-13-6-2-7-14-22)36-20-34-26(30)23-15-8-3-9-16-23/h1-16,18,31H,17,19-20H2/b18-10+. The van der Waals surface area contributed by atoms with Gasteiger partial charge in [0.05, 0.1) is 17.7 Å². The summed E-state index contributed by atoms with van der Waals surface area (Å²) in [7, 11) is -4.16. The van der Waals surface area contributed by atoms with Gasteiger partial charge < -0.3 is 9.47 Å². The molecular weight excluding hydrogens is 501 g/mol. The monoisotopic (exact) mass is 525 g/mol. The Bertz CT molecular complexity index is 1190. The van der Waals surface area contributed by atoms with Gasteiger partial charge in [-0.1, -0.05) is 60.7 Å². The lowest BCUT2D eigenvalue weighted by Crippen LogP contribution is -2.27. The number of rotatable bonds is 12. The molecule has 10 nitrogen and oxygen atoms in total. The molecule has 0 atom stereocenters. The second-order valence-corrected chi connectivity index (χ2v) is 9.16. The van der Waals surface area contributed by atoms with E-state index < -0.39 is 39.0 Å². The van der Waals surface area contributed by atoms with Crippen molar-refractivity contribution in [2.75, 3.05) is 20.1 Å². The largest absolute Gasteiger partial charge is 0.434 e. The summed E-state index contributed by atoms with van der Waals surface area (Å²) >= 11 is 0. The Kier molecular flexibility index (Phi) is 10.3. The lowest BCUT2D eigenvalue weighted by molar-refractivity contribution is -0.0494. The smallest absolute Gasteiger partial charge is 0.359 e. The summed E-state index contributed by atoms with van der Waals surface area (Å²) < 4.78 is 33.4. The van der Waals surface area contributed by atoms with Gasteiger partial charge in [-0.15, -0.1) is 0 Å². The van der Waals surface area contributed by atoms with E-state index in [2.05, 4.69) is 0 Å². The van der Waals surface area contributed by atoms with Crippen LogP contribution in [-0.2, 0) is 23.1 Å². The first kappa shape index (κ1) is 27.5. The Hall–Kier alpha value is -4.08. The fraction of sp³-hybridized carbons (Fsp3) is 0.115. The summed E-state index contributed by atoms with van der Waals surface area (Å²) in [5.74, 6) is -1.17. The molecule has 0 aliphatic heterocycles. The Morgan fingerprint density at radius 3 is 1.54 bits per heavy atom. The summed E-state index contributed by atoms with van der Waals surface area (Å²) in [6.07, 6.45) is 1.17. The molecule has 0 fully saturated rings. The van der Waals surface area contributed by atoms with Crippen molar-refractivity contribution in [3.8, 4) is 0 Å². The van der Waals surface area contributed by atoms with Crippen LogP contribution in [0.3, 0.4) is 0 Å². The van der Waals surface area contributed by atoms with Gasteiger partial charge in [-0.2, -0.15) is 0 Å². The number of carbonyl (C=O) groups is 3. The number of nitrogens with zero attached hydrogens (tertiary/aromatic N) is 1. The van der Waals surface area contributed by atoms with E-state index in [0.29, 0.717) is 5.06 Å². The molecule has 0 saturated carbocycles. The van der Waals surface area contributed by atoms with Gasteiger partial charge >= 0.3 is 19.5 Å². The summed E-state index contributed by atoms with van der Waals surface area (Å²) in [6.45, 7) is -1.85. The zero-order valence-electron chi connectivity index (χ0n) is 19.5. The number of ether oxygens (including phenoxy) is 2. The predicted molar refractivity (Wildman–Crippen MR) is 132 cm³/mol. The van der Waals surface area contributed by atoms with Crippen LogP contribution < -0.4 is 0 Å². The molecule has 0 aliphatic rings. The fourth-order valence-electron chi connectivity index (χ4n) is 2.83. The van der Waals surface area contributed by atoms with Crippen LogP contribution in [0.25, 0.3) is 0 Å². The SMILES string of the molecule is O=C(OCOP(=O)(/C=C/CN(O)C(=O)c1ccccc1)OCOC(=O)c1ccccc1)c1ccccc1. The molecule has 3 aromatic rings. The van der Waals surface area contributed by atoms with Crippen molar-refractivity contribution in [1.29, 1.82) is 0 Å². The van der Waals surface area contributed by atoms with Crippen LogP contribution >= 0.6 is 7.60 Å². The molecule has 0 heterocycles. The first-order chi connectivity index (χ1) is 17.9. The number of carbonyl (C=O) groups excluding carboxylic acids is 3. The van der Waals surface area contributed by atoms with Crippen LogP contribution in [-0.4, -0.2) is 48.2 Å². The number of hydrogen-bond acceptors (Lipinski definition) is 9. The highest BCUT2D eigenvalue weighted by atomic mass is 31.2. The van der Waals surface area contributed by atoms with Crippen LogP contribution in [0.2, 0.25) is 0 Å². The summed E-state index contributed by atoms with van der Waals surface area (Å²) in [5, 5.41) is 10.4. The number of hydroxylamine groups is 2. The van der Waals surface area contributed by atoms with Crippen molar-refractivity contribution in [3.05, 3.63) is 120 Å². The minimum atomic E-state index is -4.16. The fourth-order valence-corrected chi connectivity index (χ4v) is 3.83. The van der Waals surface area contributed by atoms with E-state index in [9.17, 15) is 24.2 Å². The molecule has 0 aromatic heterocycles. The summed E-state index contributed by atoms with van der Waals surface area (Å²) in [6, 6.07) is 24.2. The van der Waals surface area contributed by atoms with E-state index in [0.717, 1.165) is 5.82 Å². The molecule has 0 spiro atoms. The van der Waals surface area contributed by atoms with E-state index in [1.165, 1.54) is 42.5 Å². The maximum absolute atomic E-state index is 13.2. The summed E-state index contributed by atoms with van der Waals surface area (Å²) in [4.78, 5) is 36.5. The second-order valence-electron chi connectivity index (χ2n) is 7.27. The second kappa shape index (κ2) is 13.9. The number of amides is 1. The van der Waals surface area contributed by atoms with Crippen molar-refractivity contribution in [3.63, 3.8) is 0 Å². The Balaban J connectivity index is 1.60. The van der Waals surface area contributed by atoms with Crippen molar-refractivity contribution < 1.29 is 42.7 Å². The maximum atomic E-state index is 13.2. The number of benzene rings is 3. The van der Waals surface area contributed by atoms with Crippen molar-refractivity contribution in [2.45, 2.75) is 0 Å². The highest BCUT2D eigenvalue weighted by Gasteiger charge is 2.24. The van der Waals surface area contributed by atoms with Crippen LogP contribution in [0, 0.1) is 0 Å². The third kappa shape index (κ3) is 8.82. The van der Waals surface area contributed by atoms with Crippen LogP contribution in [0.15, 0.2) is 103 Å². The van der Waals surface area contributed by atoms with Crippen LogP contribution in [0.4, 0.5) is 0 Å². The zero-order chi connectivity index (χ0) is 26.5. The number of esters is 2. The molecule has 0 saturated heterocycles. The molecular formula is C26H24NO9P. The topological polar surface area (TPSA) is 129 Å². The maximum Gasteiger partial charge on any atom is 0.359 e. The molecule has 0 bridgehead atoms. The first-order valence-corrected chi connectivity index (χ1v) is 12.6. The van der Waals surface area contributed by atoms with Crippen molar-refractivity contribution in [1.82, 2.24) is 5.06 Å². The minimum absolute atomic E-state index is 0.245. The molecule has 0 aliphatic carbocycles. The van der Waals surface area contributed by atoms with E-state index in [1.807, 2.05) is 0 Å². The average molecular weight is 525 g/mol. The Morgan fingerprint density at radius 1 is 0.703 bits per heavy atom. The van der Waals surface area contributed by atoms with Crippen molar-refractivity contribution >= 4 is 25.4 Å². The number of hydrogen-bond donors (Lipinski definition) is 1. The molecule has 192 valence electrons. The van der Waals surface area contributed by atoms with Gasteiger partial charge in [-0.05, 0) is 36.4 Å². The molecule has 1 amide bonds. The molecule has 3 rings (SSSR count). The van der Waals surface area contributed by atoms with Crippen molar-refractivity contribution in [2.24, 2.45) is 0 Å². The molecule has 1 N–H and O–H groups in total. The van der Waals surface area contributed by atoms with E-state index >= 15 is 0 Å². The zero-order valence-corrected chi connectivity index (χ0v) is 20.4. The molecule has 0 unspecified atom stereocenters. The molecule has 11 heteroatoms. The highest BCUT2D eigenvalue weighted by Crippen LogP contribution is 2.49. The van der Waals surface area contributed by atoms with Crippen LogP contribution in [0.5, 0.6) is 0 Å². The molecule has 0 radical (unpaired) electrons. The van der Waals surface area contributed by atoms with Gasteiger partial charge in [0.1, 0.15) is 0 Å². The van der Waals surface area contributed by atoms with Gasteiger partial charge in [0.15, 0.2) is 0 Å². The van der Waals surface area contributed by atoms with Gasteiger partial charge in [0.25, 0.3) is 5.91 Å². The van der Waals surface area contributed by atoms with Gasteiger partial charge in [-0.25, -0.2) is 14.7 Å². The highest BCUT2D eigenvalue weighted by molar-refractivity contribution is 7.57. The van der Waals surface area contributed by atoms with Crippen LogP contribution in [0.1, 0.15) is 31.1 Å². The lowest BCUT2D eigenvalue weighted by Gasteiger charge is -2.16. The third-order valence-corrected chi connectivity index (χ3v) is 6.19. The minimum Gasteiger partial charge on any atom is -0.434 e. The van der Waals surface area contributed by atoms with E-state index in [1.54, 1.807) is 54.6 Å².